The van der Waals surface area contributed by atoms with E-state index in [0.717, 1.165) is 0 Å². The molecule has 138 valence electrons. The number of Topliss-reactive ketones (excluding diaryl/α,β-unsaturated/α-hetero) is 1. The van der Waals surface area contributed by atoms with Gasteiger partial charge in [0.1, 0.15) is 18.1 Å². The van der Waals surface area contributed by atoms with E-state index in [1.54, 1.807) is 12.1 Å². The van der Waals surface area contributed by atoms with Gasteiger partial charge in [-0.3, -0.25) is 14.4 Å². The molecular weight excluding hydrogens is 352 g/mol. The van der Waals surface area contributed by atoms with Gasteiger partial charge in [-0.1, -0.05) is 24.3 Å². The second kappa shape index (κ2) is 6.00. The fraction of sp³-hybridized carbons (Fsp3) is 0.250. The number of aromatic hydroxyl groups is 2. The zero-order valence-electron chi connectivity index (χ0n) is 14.1. The zero-order valence-corrected chi connectivity index (χ0v) is 14.1. The van der Waals surface area contributed by atoms with Crippen LogP contribution >= 0.6 is 0 Å². The predicted molar refractivity (Wildman–Crippen MR) is 91.9 cm³/mol. The number of hydrogen-bond donors (Lipinski definition) is 4. The molecule has 0 fully saturated rings. The molecule has 2 aromatic rings. The molecule has 2 unspecified atom stereocenters. The molecule has 7 nitrogen and oxygen atoms in total. The molecule has 2 aliphatic rings. The van der Waals surface area contributed by atoms with Gasteiger partial charge < -0.3 is 20.4 Å². The van der Waals surface area contributed by atoms with Gasteiger partial charge in [-0.2, -0.15) is 0 Å². The molecule has 0 radical (unpaired) electrons. The second-order valence-electron chi connectivity index (χ2n) is 6.82. The summed E-state index contributed by atoms with van der Waals surface area (Å²) in [6.07, 6.45) is -1.43. The summed E-state index contributed by atoms with van der Waals surface area (Å²) in [7, 11) is 0. The van der Waals surface area contributed by atoms with Crippen LogP contribution in [0.5, 0.6) is 11.5 Å². The van der Waals surface area contributed by atoms with Gasteiger partial charge in [0.2, 0.25) is 0 Å². The molecule has 0 saturated heterocycles. The molecule has 7 heteroatoms. The Morgan fingerprint density at radius 1 is 1.00 bits per heavy atom. The Hall–Kier alpha value is -3.03. The van der Waals surface area contributed by atoms with E-state index in [4.69, 9.17) is 5.11 Å². The largest absolute Gasteiger partial charge is 0.507 e. The number of ketones is 3. The van der Waals surface area contributed by atoms with E-state index in [-0.39, 0.29) is 46.2 Å². The van der Waals surface area contributed by atoms with E-state index in [1.165, 1.54) is 12.1 Å². The Morgan fingerprint density at radius 2 is 1.56 bits per heavy atom. The summed E-state index contributed by atoms with van der Waals surface area (Å²) in [5.74, 6) is -3.56. The minimum Gasteiger partial charge on any atom is -0.507 e. The highest BCUT2D eigenvalue weighted by Crippen LogP contribution is 2.49. The lowest BCUT2D eigenvalue weighted by Crippen LogP contribution is -2.29. The summed E-state index contributed by atoms with van der Waals surface area (Å²) in [6, 6.07) is 6.09. The van der Waals surface area contributed by atoms with Crippen molar-refractivity contribution in [3.8, 4) is 11.5 Å². The molecule has 2 aromatic carbocycles. The van der Waals surface area contributed by atoms with E-state index in [1.807, 2.05) is 0 Å². The summed E-state index contributed by atoms with van der Waals surface area (Å²) in [6.45, 7) is -0.713. The smallest absolute Gasteiger partial charge is 0.198 e. The molecule has 2 aliphatic carbocycles. The molecule has 0 spiro atoms. The molecule has 4 N–H and O–H groups in total. The SMILES string of the molecule is O=C1c2ccccc2C(=O)c2c(O)c3c(c(O)c21)CC(C(=O)CO)CC3O. The van der Waals surface area contributed by atoms with Gasteiger partial charge in [-0.15, -0.1) is 0 Å². The standard InChI is InChI=1S/C20H16O7/c21-7-13(23)8-5-11-14(12(22)6-8)20(27)16-15(19(11)26)17(24)9-3-1-2-4-10(9)18(16)25/h1-4,8,12,21-22,26-27H,5-7H2. The van der Waals surface area contributed by atoms with Crippen LogP contribution in [0.4, 0.5) is 0 Å². The number of carbonyl (C=O) groups excluding carboxylic acids is 3. The van der Waals surface area contributed by atoms with Gasteiger partial charge in [-0.05, 0) is 12.8 Å². The minimum atomic E-state index is -1.31. The van der Waals surface area contributed by atoms with Crippen LogP contribution in [0.3, 0.4) is 0 Å². The number of carbonyl (C=O) groups is 3. The molecule has 0 heterocycles. The minimum absolute atomic E-state index is 0.0474. The van der Waals surface area contributed by atoms with Crippen LogP contribution in [0.15, 0.2) is 24.3 Å². The highest BCUT2D eigenvalue weighted by Gasteiger charge is 2.41. The third-order valence-corrected chi connectivity index (χ3v) is 5.36. The lowest BCUT2D eigenvalue weighted by atomic mass is 9.74. The third kappa shape index (κ3) is 2.32. The molecule has 0 saturated carbocycles. The number of phenolic OH excluding ortho intramolecular Hbond substituents is 2. The topological polar surface area (TPSA) is 132 Å². The average molecular weight is 368 g/mol. The van der Waals surface area contributed by atoms with E-state index in [9.17, 15) is 29.7 Å². The van der Waals surface area contributed by atoms with Crippen LogP contribution in [-0.2, 0) is 11.2 Å². The Morgan fingerprint density at radius 3 is 2.11 bits per heavy atom. The molecular formula is C20H16O7. The van der Waals surface area contributed by atoms with Crippen LogP contribution in [-0.4, -0.2) is 44.4 Å². The maximum Gasteiger partial charge on any atom is 0.198 e. The van der Waals surface area contributed by atoms with Gasteiger partial charge in [0.15, 0.2) is 17.3 Å². The van der Waals surface area contributed by atoms with Crippen LogP contribution in [0.2, 0.25) is 0 Å². The Kier molecular flexibility index (Phi) is 3.87. The second-order valence-corrected chi connectivity index (χ2v) is 6.82. The molecule has 4 rings (SSSR count). The van der Waals surface area contributed by atoms with Crippen molar-refractivity contribution >= 4 is 17.3 Å². The molecule has 0 bridgehead atoms. The van der Waals surface area contributed by atoms with E-state index >= 15 is 0 Å². The first-order valence-corrected chi connectivity index (χ1v) is 8.47. The molecule has 0 aromatic heterocycles. The zero-order chi connectivity index (χ0) is 19.5. The van der Waals surface area contributed by atoms with Crippen LogP contribution in [0, 0.1) is 5.92 Å². The normalized spacial score (nSPS) is 20.7. The van der Waals surface area contributed by atoms with Crippen molar-refractivity contribution in [2.45, 2.75) is 18.9 Å². The van der Waals surface area contributed by atoms with Crippen LogP contribution < -0.4 is 0 Å². The van der Waals surface area contributed by atoms with Gasteiger partial charge in [-0.25, -0.2) is 0 Å². The maximum atomic E-state index is 12.9. The Labute approximate surface area is 153 Å². The lowest BCUT2D eigenvalue weighted by molar-refractivity contribution is -0.127. The first-order valence-electron chi connectivity index (χ1n) is 8.47. The summed E-state index contributed by atoms with van der Waals surface area (Å²) >= 11 is 0. The monoisotopic (exact) mass is 368 g/mol. The van der Waals surface area contributed by atoms with Gasteiger partial charge in [0.25, 0.3) is 0 Å². The molecule has 0 aliphatic heterocycles. The number of aliphatic hydroxyl groups excluding tert-OH is 2. The summed E-state index contributed by atoms with van der Waals surface area (Å²) < 4.78 is 0. The number of hydrogen-bond acceptors (Lipinski definition) is 7. The lowest BCUT2D eigenvalue weighted by Gasteiger charge is -2.31. The Bertz CT molecular complexity index is 1020. The highest BCUT2D eigenvalue weighted by atomic mass is 16.3. The number of rotatable bonds is 2. The van der Waals surface area contributed by atoms with Gasteiger partial charge >= 0.3 is 0 Å². The van der Waals surface area contributed by atoms with Crippen molar-refractivity contribution in [3.05, 3.63) is 57.6 Å². The number of fused-ring (bicyclic) bond motifs is 3. The first-order chi connectivity index (χ1) is 12.9. The number of aliphatic hydroxyl groups is 2. The van der Waals surface area contributed by atoms with Crippen molar-refractivity contribution in [2.24, 2.45) is 5.92 Å². The van der Waals surface area contributed by atoms with Crippen molar-refractivity contribution in [2.75, 3.05) is 6.61 Å². The third-order valence-electron chi connectivity index (χ3n) is 5.36. The Balaban J connectivity index is 1.98. The van der Waals surface area contributed by atoms with E-state index in [2.05, 4.69) is 0 Å². The van der Waals surface area contributed by atoms with Crippen molar-refractivity contribution < 1.29 is 34.8 Å². The fourth-order valence-corrected chi connectivity index (χ4v) is 4.04. The van der Waals surface area contributed by atoms with Gasteiger partial charge in [0.05, 0.1) is 17.2 Å². The van der Waals surface area contributed by atoms with Gasteiger partial charge in [0, 0.05) is 28.2 Å². The number of benzene rings is 2. The first kappa shape index (κ1) is 17.4. The van der Waals surface area contributed by atoms with Crippen LogP contribution in [0.1, 0.15) is 55.5 Å². The van der Waals surface area contributed by atoms with Crippen molar-refractivity contribution in [1.29, 1.82) is 0 Å². The average Bonchev–Trinajstić information content (AvgIpc) is 2.67. The highest BCUT2D eigenvalue weighted by molar-refractivity contribution is 6.30. The van der Waals surface area contributed by atoms with E-state index in [0.29, 0.717) is 0 Å². The predicted octanol–water partition coefficient (Wildman–Crippen LogP) is 1.03. The number of phenols is 2. The summed E-state index contributed by atoms with van der Waals surface area (Å²) in [5.41, 5.74) is -0.418. The van der Waals surface area contributed by atoms with E-state index < -0.39 is 47.5 Å². The molecule has 2 atom stereocenters. The van der Waals surface area contributed by atoms with Crippen LogP contribution in [0.25, 0.3) is 0 Å². The molecule has 0 amide bonds. The van der Waals surface area contributed by atoms with Crippen molar-refractivity contribution in [3.63, 3.8) is 0 Å². The quantitative estimate of drug-likeness (QED) is 0.497. The van der Waals surface area contributed by atoms with Crippen molar-refractivity contribution in [1.82, 2.24) is 0 Å². The fourth-order valence-electron chi connectivity index (χ4n) is 4.04. The maximum absolute atomic E-state index is 12.9. The summed E-state index contributed by atoms with van der Waals surface area (Å²) in [4.78, 5) is 37.6. The molecule has 27 heavy (non-hydrogen) atoms. The summed E-state index contributed by atoms with van der Waals surface area (Å²) in [5, 5.41) is 40.9.